The molecule has 1 aromatic carbocycles. The summed E-state index contributed by atoms with van der Waals surface area (Å²) in [5.74, 6) is -0.192. The van der Waals surface area contributed by atoms with Crippen LogP contribution in [0.3, 0.4) is 0 Å². The van der Waals surface area contributed by atoms with Gasteiger partial charge in [-0.2, -0.15) is 0 Å². The summed E-state index contributed by atoms with van der Waals surface area (Å²) in [7, 11) is -3.54. The van der Waals surface area contributed by atoms with E-state index in [1.165, 1.54) is 18.2 Å². The van der Waals surface area contributed by atoms with E-state index in [1.807, 2.05) is 13.8 Å². The number of benzene rings is 1. The minimum Gasteiger partial charge on any atom is -0.258 e. The SMILES string of the molecule is CC(C)CNS(=O)(=O)Cc1ccccc1[N+](=O)[O-]. The second-order valence-electron chi connectivity index (χ2n) is 4.39. The van der Waals surface area contributed by atoms with Crippen LogP contribution in [0.25, 0.3) is 0 Å². The Labute approximate surface area is 106 Å². The smallest absolute Gasteiger partial charge is 0.258 e. The first-order valence-electron chi connectivity index (χ1n) is 5.51. The molecule has 0 unspecified atom stereocenters. The minimum atomic E-state index is -3.54. The number of para-hydroxylation sites is 1. The Balaban J connectivity index is 2.87. The Bertz CT molecular complexity index is 526. The van der Waals surface area contributed by atoms with Crippen molar-refractivity contribution in [3.8, 4) is 0 Å². The number of nitrogens with zero attached hydrogens (tertiary/aromatic N) is 1. The van der Waals surface area contributed by atoms with E-state index in [4.69, 9.17) is 0 Å². The Morgan fingerprint density at radius 1 is 1.33 bits per heavy atom. The summed E-state index contributed by atoms with van der Waals surface area (Å²) >= 11 is 0. The van der Waals surface area contributed by atoms with Gasteiger partial charge in [-0.25, -0.2) is 13.1 Å². The molecule has 0 radical (unpaired) electrons. The van der Waals surface area contributed by atoms with Crippen LogP contribution in [0.15, 0.2) is 24.3 Å². The summed E-state index contributed by atoms with van der Waals surface area (Å²) in [6.07, 6.45) is 0. The molecule has 0 atom stereocenters. The van der Waals surface area contributed by atoms with Gasteiger partial charge in [0.2, 0.25) is 10.0 Å². The zero-order chi connectivity index (χ0) is 13.8. The highest BCUT2D eigenvalue weighted by atomic mass is 32.2. The van der Waals surface area contributed by atoms with E-state index in [2.05, 4.69) is 4.72 Å². The topological polar surface area (TPSA) is 89.3 Å². The lowest BCUT2D eigenvalue weighted by Gasteiger charge is -2.08. The molecule has 0 aliphatic rings. The molecule has 0 heterocycles. The Kier molecular flexibility index (Phi) is 4.80. The number of hydrogen-bond donors (Lipinski definition) is 1. The largest absolute Gasteiger partial charge is 0.273 e. The molecule has 6 nitrogen and oxygen atoms in total. The van der Waals surface area contributed by atoms with Crippen LogP contribution >= 0.6 is 0 Å². The zero-order valence-corrected chi connectivity index (χ0v) is 11.1. The molecule has 0 saturated heterocycles. The third-order valence-electron chi connectivity index (χ3n) is 2.25. The summed E-state index contributed by atoms with van der Waals surface area (Å²) in [5, 5.41) is 10.8. The summed E-state index contributed by atoms with van der Waals surface area (Å²) in [4.78, 5) is 10.2. The molecule has 100 valence electrons. The monoisotopic (exact) mass is 272 g/mol. The van der Waals surface area contributed by atoms with E-state index in [0.29, 0.717) is 6.54 Å². The molecule has 0 bridgehead atoms. The van der Waals surface area contributed by atoms with Gasteiger partial charge in [0.05, 0.1) is 10.7 Å². The first-order valence-corrected chi connectivity index (χ1v) is 7.16. The van der Waals surface area contributed by atoms with Crippen LogP contribution in [0.1, 0.15) is 19.4 Å². The van der Waals surface area contributed by atoms with Crippen LogP contribution in [-0.2, 0) is 15.8 Å². The Morgan fingerprint density at radius 3 is 2.50 bits per heavy atom. The molecule has 0 spiro atoms. The van der Waals surface area contributed by atoms with Crippen molar-refractivity contribution in [2.45, 2.75) is 19.6 Å². The average molecular weight is 272 g/mol. The van der Waals surface area contributed by atoms with E-state index in [-0.39, 0.29) is 22.9 Å². The highest BCUT2D eigenvalue weighted by molar-refractivity contribution is 7.88. The fourth-order valence-corrected chi connectivity index (χ4v) is 2.70. The third kappa shape index (κ3) is 4.42. The van der Waals surface area contributed by atoms with E-state index in [9.17, 15) is 18.5 Å². The molecule has 18 heavy (non-hydrogen) atoms. The molecule has 0 aliphatic heterocycles. The average Bonchev–Trinajstić information content (AvgIpc) is 2.26. The molecule has 7 heteroatoms. The van der Waals surface area contributed by atoms with Crippen LogP contribution in [0.5, 0.6) is 0 Å². The maximum Gasteiger partial charge on any atom is 0.273 e. The Morgan fingerprint density at radius 2 is 1.94 bits per heavy atom. The molecular formula is C11H16N2O4S. The number of rotatable bonds is 6. The molecule has 0 aliphatic carbocycles. The predicted octanol–water partition coefficient (Wildman–Crippen LogP) is 1.67. The summed E-state index contributed by atoms with van der Waals surface area (Å²) in [6, 6.07) is 5.84. The highest BCUT2D eigenvalue weighted by Gasteiger charge is 2.19. The molecule has 0 aromatic heterocycles. The van der Waals surface area contributed by atoms with Crippen LogP contribution in [0.2, 0.25) is 0 Å². The van der Waals surface area contributed by atoms with Gasteiger partial charge in [0.1, 0.15) is 0 Å². The van der Waals surface area contributed by atoms with Crippen molar-refractivity contribution in [2.24, 2.45) is 5.92 Å². The number of sulfonamides is 1. The maximum atomic E-state index is 11.7. The quantitative estimate of drug-likeness (QED) is 0.630. The third-order valence-corrected chi connectivity index (χ3v) is 3.54. The van der Waals surface area contributed by atoms with Gasteiger partial charge in [-0.3, -0.25) is 10.1 Å². The molecule has 0 amide bonds. The van der Waals surface area contributed by atoms with E-state index >= 15 is 0 Å². The first kappa shape index (κ1) is 14.6. The normalized spacial score (nSPS) is 11.7. The van der Waals surface area contributed by atoms with Crippen molar-refractivity contribution in [1.29, 1.82) is 0 Å². The van der Waals surface area contributed by atoms with Crippen LogP contribution in [-0.4, -0.2) is 19.9 Å². The molecule has 1 rings (SSSR count). The second kappa shape index (κ2) is 5.92. The maximum absolute atomic E-state index is 11.7. The van der Waals surface area contributed by atoms with Crippen molar-refractivity contribution in [3.63, 3.8) is 0 Å². The fourth-order valence-electron chi connectivity index (χ4n) is 1.36. The van der Waals surface area contributed by atoms with E-state index in [1.54, 1.807) is 6.07 Å². The van der Waals surface area contributed by atoms with Gasteiger partial charge in [0, 0.05) is 18.2 Å². The van der Waals surface area contributed by atoms with Crippen LogP contribution in [0, 0.1) is 16.0 Å². The van der Waals surface area contributed by atoms with Gasteiger partial charge in [0.15, 0.2) is 0 Å². The van der Waals surface area contributed by atoms with E-state index < -0.39 is 14.9 Å². The van der Waals surface area contributed by atoms with Crippen molar-refractivity contribution in [3.05, 3.63) is 39.9 Å². The van der Waals surface area contributed by atoms with Gasteiger partial charge in [-0.05, 0) is 5.92 Å². The fraction of sp³-hybridized carbons (Fsp3) is 0.455. The summed E-state index contributed by atoms with van der Waals surface area (Å²) in [5.41, 5.74) is 0.0196. The van der Waals surface area contributed by atoms with Crippen LogP contribution < -0.4 is 4.72 Å². The number of nitro benzene ring substituents is 1. The van der Waals surface area contributed by atoms with Crippen LogP contribution in [0.4, 0.5) is 5.69 Å². The lowest BCUT2D eigenvalue weighted by atomic mass is 10.2. The lowest BCUT2D eigenvalue weighted by Crippen LogP contribution is -2.28. The predicted molar refractivity (Wildman–Crippen MR) is 68.6 cm³/mol. The van der Waals surface area contributed by atoms with Gasteiger partial charge in [-0.15, -0.1) is 0 Å². The van der Waals surface area contributed by atoms with Gasteiger partial charge >= 0.3 is 0 Å². The molecule has 0 saturated carbocycles. The number of hydrogen-bond acceptors (Lipinski definition) is 4. The molecular weight excluding hydrogens is 256 g/mol. The molecule has 1 aromatic rings. The number of nitro groups is 1. The molecule has 1 N–H and O–H groups in total. The Hall–Kier alpha value is -1.47. The molecule has 0 fully saturated rings. The van der Waals surface area contributed by atoms with Crippen molar-refractivity contribution >= 4 is 15.7 Å². The highest BCUT2D eigenvalue weighted by Crippen LogP contribution is 2.19. The summed E-state index contributed by atoms with van der Waals surface area (Å²) in [6.45, 7) is 4.09. The van der Waals surface area contributed by atoms with Crippen molar-refractivity contribution in [1.82, 2.24) is 4.72 Å². The summed E-state index contributed by atoms with van der Waals surface area (Å²) < 4.78 is 25.9. The van der Waals surface area contributed by atoms with Crippen molar-refractivity contribution in [2.75, 3.05) is 6.54 Å². The standard InChI is InChI=1S/C11H16N2O4S/c1-9(2)7-12-18(16,17)8-10-5-3-4-6-11(10)13(14)15/h3-6,9,12H,7-8H2,1-2H3. The zero-order valence-electron chi connectivity index (χ0n) is 10.3. The first-order chi connectivity index (χ1) is 8.32. The van der Waals surface area contributed by atoms with Gasteiger partial charge < -0.3 is 0 Å². The van der Waals surface area contributed by atoms with Gasteiger partial charge in [0.25, 0.3) is 5.69 Å². The van der Waals surface area contributed by atoms with E-state index in [0.717, 1.165) is 0 Å². The second-order valence-corrected chi connectivity index (χ2v) is 6.19. The number of nitrogens with one attached hydrogen (secondary N) is 1. The minimum absolute atomic E-state index is 0.174. The van der Waals surface area contributed by atoms with Gasteiger partial charge in [-0.1, -0.05) is 32.0 Å². The lowest BCUT2D eigenvalue weighted by molar-refractivity contribution is -0.385. The van der Waals surface area contributed by atoms with Crippen molar-refractivity contribution < 1.29 is 13.3 Å².